The molecule has 0 spiro atoms. The molecule has 1 heterocycles. The van der Waals surface area contributed by atoms with E-state index in [4.69, 9.17) is 9.15 Å². The summed E-state index contributed by atoms with van der Waals surface area (Å²) in [7, 11) is 0. The van der Waals surface area contributed by atoms with Gasteiger partial charge < -0.3 is 14.5 Å². The Bertz CT molecular complexity index is 1010. The van der Waals surface area contributed by atoms with Crippen molar-refractivity contribution in [1.29, 1.82) is 0 Å². The zero-order chi connectivity index (χ0) is 20.1. The fourth-order valence-corrected chi connectivity index (χ4v) is 2.82. The summed E-state index contributed by atoms with van der Waals surface area (Å²) in [6.07, 6.45) is 0.0400. The van der Waals surface area contributed by atoms with Crippen LogP contribution in [0.3, 0.4) is 0 Å². The second-order valence-corrected chi connectivity index (χ2v) is 6.38. The van der Waals surface area contributed by atoms with Gasteiger partial charge in [0, 0.05) is 5.56 Å². The van der Waals surface area contributed by atoms with Crippen LogP contribution in [-0.2, 0) is 16.0 Å². The number of carbonyl (C=O) groups excluding carboxylic acids is 2. The Hall–Kier alpha value is -3.41. The molecule has 3 aromatic rings. The van der Waals surface area contributed by atoms with Crippen LogP contribution in [-0.4, -0.2) is 23.5 Å². The maximum atomic E-state index is 12.5. The van der Waals surface area contributed by atoms with Gasteiger partial charge in [-0.05, 0) is 45.0 Å². The number of benzene rings is 2. The van der Waals surface area contributed by atoms with Crippen LogP contribution in [0, 0.1) is 13.8 Å². The molecule has 0 aliphatic rings. The van der Waals surface area contributed by atoms with Gasteiger partial charge in [0.15, 0.2) is 0 Å². The number of rotatable bonds is 6. The fourth-order valence-electron chi connectivity index (χ4n) is 2.82. The Labute approximate surface area is 163 Å². The number of hydrogen-bond donors (Lipinski definition) is 1. The largest absolute Gasteiger partial charge is 0.462 e. The molecule has 2 aromatic carbocycles. The number of carbonyl (C=O) groups is 2. The molecule has 28 heavy (non-hydrogen) atoms. The molecule has 6 heteroatoms. The van der Waals surface area contributed by atoms with Crippen LogP contribution in [0.5, 0.6) is 0 Å². The van der Waals surface area contributed by atoms with Gasteiger partial charge in [-0.25, -0.2) is 9.78 Å². The highest BCUT2D eigenvalue weighted by Gasteiger charge is 2.17. The van der Waals surface area contributed by atoms with E-state index in [1.54, 1.807) is 38.1 Å². The van der Waals surface area contributed by atoms with E-state index in [-0.39, 0.29) is 18.9 Å². The lowest BCUT2D eigenvalue weighted by Gasteiger charge is -2.09. The predicted molar refractivity (Wildman–Crippen MR) is 106 cm³/mol. The molecule has 6 nitrogen and oxygen atoms in total. The first-order valence-corrected chi connectivity index (χ1v) is 9.07. The number of nitrogens with one attached hydrogen (secondary N) is 1. The van der Waals surface area contributed by atoms with Gasteiger partial charge >= 0.3 is 5.97 Å². The first-order chi connectivity index (χ1) is 13.5. The van der Waals surface area contributed by atoms with Crippen molar-refractivity contribution < 1.29 is 18.7 Å². The van der Waals surface area contributed by atoms with Crippen molar-refractivity contribution in [2.24, 2.45) is 0 Å². The molecule has 0 atom stereocenters. The van der Waals surface area contributed by atoms with Gasteiger partial charge in [0.2, 0.25) is 11.8 Å². The number of aryl methyl sites for hydroxylation is 2. The van der Waals surface area contributed by atoms with E-state index in [1.807, 2.05) is 31.2 Å². The van der Waals surface area contributed by atoms with Crippen LogP contribution in [0.4, 0.5) is 5.69 Å². The quantitative estimate of drug-likeness (QED) is 0.646. The maximum absolute atomic E-state index is 12.5. The van der Waals surface area contributed by atoms with Gasteiger partial charge in [-0.1, -0.05) is 29.8 Å². The molecule has 3 rings (SSSR count). The average molecular weight is 378 g/mol. The minimum atomic E-state index is -0.474. The molecule has 1 aromatic heterocycles. The summed E-state index contributed by atoms with van der Waals surface area (Å²) in [6.45, 7) is 5.77. The van der Waals surface area contributed by atoms with Crippen molar-refractivity contribution >= 4 is 17.6 Å². The number of anilines is 1. The van der Waals surface area contributed by atoms with E-state index in [2.05, 4.69) is 10.3 Å². The molecule has 0 bridgehead atoms. The van der Waals surface area contributed by atoms with Crippen LogP contribution in [0.1, 0.15) is 34.3 Å². The number of esters is 1. The second-order valence-electron chi connectivity index (χ2n) is 6.38. The summed E-state index contributed by atoms with van der Waals surface area (Å²) in [5.74, 6) is 0.308. The smallest absolute Gasteiger partial charge is 0.340 e. The van der Waals surface area contributed by atoms with Crippen LogP contribution >= 0.6 is 0 Å². The van der Waals surface area contributed by atoms with E-state index in [0.29, 0.717) is 28.6 Å². The highest BCUT2D eigenvalue weighted by Crippen LogP contribution is 2.23. The Balaban J connectivity index is 1.75. The third-order valence-electron chi connectivity index (χ3n) is 4.18. The van der Waals surface area contributed by atoms with Gasteiger partial charge in [0.05, 0.1) is 30.0 Å². The lowest BCUT2D eigenvalue weighted by Crippen LogP contribution is -2.18. The normalized spacial score (nSPS) is 10.5. The van der Waals surface area contributed by atoms with Gasteiger partial charge in [0.25, 0.3) is 0 Å². The molecule has 144 valence electrons. The molecule has 1 N–H and O–H groups in total. The zero-order valence-electron chi connectivity index (χ0n) is 16.1. The van der Waals surface area contributed by atoms with E-state index in [0.717, 1.165) is 11.1 Å². The third-order valence-corrected chi connectivity index (χ3v) is 4.18. The van der Waals surface area contributed by atoms with E-state index < -0.39 is 5.97 Å². The summed E-state index contributed by atoms with van der Waals surface area (Å²) in [5.41, 5.74) is 3.24. The first-order valence-electron chi connectivity index (χ1n) is 9.07. The van der Waals surface area contributed by atoms with Gasteiger partial charge in [-0.3, -0.25) is 4.79 Å². The lowest BCUT2D eigenvalue weighted by molar-refractivity contribution is -0.115. The van der Waals surface area contributed by atoms with Crippen molar-refractivity contribution in [3.63, 3.8) is 0 Å². The monoisotopic (exact) mass is 378 g/mol. The lowest BCUT2D eigenvalue weighted by atomic mass is 10.1. The number of para-hydroxylation sites is 1. The van der Waals surface area contributed by atoms with Crippen molar-refractivity contribution in [1.82, 2.24) is 4.98 Å². The maximum Gasteiger partial charge on any atom is 0.340 e. The van der Waals surface area contributed by atoms with Crippen LogP contribution < -0.4 is 5.32 Å². The highest BCUT2D eigenvalue weighted by molar-refractivity contribution is 6.01. The van der Waals surface area contributed by atoms with E-state index in [1.165, 1.54) is 0 Å². The van der Waals surface area contributed by atoms with Gasteiger partial charge in [0.1, 0.15) is 5.76 Å². The standard InChI is InChI=1S/C22H22N2O4/c1-4-27-22(26)17-10-5-6-11-18(17)23-20(25)13-19-15(3)28-21(24-19)16-9-7-8-14(2)12-16/h5-12H,4,13H2,1-3H3,(H,23,25). The van der Waals surface area contributed by atoms with Crippen LogP contribution in [0.2, 0.25) is 0 Å². The van der Waals surface area contributed by atoms with Crippen molar-refractivity contribution in [2.45, 2.75) is 27.2 Å². The first kappa shape index (κ1) is 19.4. The number of amides is 1. The minimum Gasteiger partial charge on any atom is -0.462 e. The summed E-state index contributed by atoms with van der Waals surface area (Å²) in [6, 6.07) is 14.6. The van der Waals surface area contributed by atoms with E-state index in [9.17, 15) is 9.59 Å². The summed E-state index contributed by atoms with van der Waals surface area (Å²) < 4.78 is 10.8. The second kappa shape index (κ2) is 8.52. The minimum absolute atomic E-state index is 0.0400. The molecule has 0 aliphatic carbocycles. The van der Waals surface area contributed by atoms with Crippen molar-refractivity contribution in [3.8, 4) is 11.5 Å². The van der Waals surface area contributed by atoms with Crippen molar-refractivity contribution in [3.05, 3.63) is 71.1 Å². The molecule has 0 radical (unpaired) electrons. The molecule has 0 saturated carbocycles. The Morgan fingerprint density at radius 1 is 1.11 bits per heavy atom. The third kappa shape index (κ3) is 4.46. The number of hydrogen-bond acceptors (Lipinski definition) is 5. The molecule has 0 fully saturated rings. The van der Waals surface area contributed by atoms with E-state index >= 15 is 0 Å². The van der Waals surface area contributed by atoms with Crippen molar-refractivity contribution in [2.75, 3.05) is 11.9 Å². The number of ether oxygens (including phenoxy) is 1. The Morgan fingerprint density at radius 3 is 2.64 bits per heavy atom. The summed E-state index contributed by atoms with van der Waals surface area (Å²) >= 11 is 0. The highest BCUT2D eigenvalue weighted by atomic mass is 16.5. The Morgan fingerprint density at radius 2 is 1.89 bits per heavy atom. The molecule has 0 unspecified atom stereocenters. The predicted octanol–water partition coefficient (Wildman–Crippen LogP) is 4.32. The van der Waals surface area contributed by atoms with Gasteiger partial charge in [-0.15, -0.1) is 0 Å². The molecule has 1 amide bonds. The zero-order valence-corrected chi connectivity index (χ0v) is 16.1. The summed E-state index contributed by atoms with van der Waals surface area (Å²) in [4.78, 5) is 29.0. The summed E-state index contributed by atoms with van der Waals surface area (Å²) in [5, 5.41) is 2.76. The van der Waals surface area contributed by atoms with Crippen LogP contribution in [0.25, 0.3) is 11.5 Å². The number of aromatic nitrogens is 1. The number of oxazole rings is 1. The fraction of sp³-hybridized carbons (Fsp3) is 0.227. The van der Waals surface area contributed by atoms with Crippen LogP contribution in [0.15, 0.2) is 52.9 Å². The number of nitrogens with zero attached hydrogens (tertiary/aromatic N) is 1. The Kier molecular flexibility index (Phi) is 5.89. The molecular weight excluding hydrogens is 356 g/mol. The topological polar surface area (TPSA) is 81.4 Å². The molecule has 0 aliphatic heterocycles. The average Bonchev–Trinajstić information content (AvgIpc) is 3.03. The molecular formula is C22H22N2O4. The van der Waals surface area contributed by atoms with Gasteiger partial charge in [-0.2, -0.15) is 0 Å². The molecule has 0 saturated heterocycles. The SMILES string of the molecule is CCOC(=O)c1ccccc1NC(=O)Cc1nc(-c2cccc(C)c2)oc1C.